The van der Waals surface area contributed by atoms with Gasteiger partial charge in [-0.05, 0) is 121 Å². The van der Waals surface area contributed by atoms with E-state index in [-0.39, 0.29) is 16.6 Å². The average Bonchev–Trinajstić information content (AvgIpc) is 3.00. The number of fused-ring (bicyclic) bond motifs is 3. The number of methoxy groups -OCH3 is 2. The summed E-state index contributed by atoms with van der Waals surface area (Å²) < 4.78 is 11.1. The second-order valence-corrected chi connectivity index (χ2v) is 12.4. The molecule has 6 nitrogen and oxygen atoms in total. The quantitative estimate of drug-likeness (QED) is 0.191. The Hall–Kier alpha value is -3.88. The van der Waals surface area contributed by atoms with Crippen molar-refractivity contribution in [1.29, 1.82) is 0 Å². The summed E-state index contributed by atoms with van der Waals surface area (Å²) >= 11 is 7.08. The summed E-state index contributed by atoms with van der Waals surface area (Å²) in [6.45, 7) is 2.16. The highest BCUT2D eigenvalue weighted by atomic mass is 32.2. The normalized spacial score (nSPS) is 22.7. The number of carbonyl (C=O) groups is 2. The molecule has 214 valence electrons. The standard InChI is InChI=1S/C34H32N2O4S2/c1-20-15-27-21(9-10-22-18-30(39-2)31(40-3)19-28(22)27)16-23(20)17-29-32(37)35-34(41)36(33(29)38)24-11-13-26(14-12-24)42-25-7-5-4-6-8-25/h4-8,11-14,16-21,27H,9-10,15H2,1-3H3,(H,35,37,41). The van der Waals surface area contributed by atoms with Gasteiger partial charge in [-0.2, -0.15) is 0 Å². The number of allylic oxidation sites excluding steroid dienone is 3. The van der Waals surface area contributed by atoms with Crippen LogP contribution >= 0.6 is 24.0 Å². The fourth-order valence-electron chi connectivity index (χ4n) is 6.22. The number of benzene rings is 3. The first-order chi connectivity index (χ1) is 20.4. The van der Waals surface area contributed by atoms with Crippen molar-refractivity contribution < 1.29 is 19.1 Å². The Bertz CT molecular complexity index is 1610. The lowest BCUT2D eigenvalue weighted by molar-refractivity contribution is -0.122. The Balaban J connectivity index is 1.25. The lowest BCUT2D eigenvalue weighted by Gasteiger charge is -2.39. The number of rotatable bonds is 6. The van der Waals surface area contributed by atoms with Gasteiger partial charge in [-0.15, -0.1) is 0 Å². The van der Waals surface area contributed by atoms with Crippen LogP contribution in [0.1, 0.15) is 36.8 Å². The highest BCUT2D eigenvalue weighted by Crippen LogP contribution is 2.49. The smallest absolute Gasteiger partial charge is 0.270 e. The number of thiocarbonyl (C=S) groups is 1. The molecule has 0 radical (unpaired) electrons. The molecule has 3 atom stereocenters. The van der Waals surface area contributed by atoms with Crippen molar-refractivity contribution in [3.63, 3.8) is 0 Å². The molecule has 3 aromatic rings. The van der Waals surface area contributed by atoms with Gasteiger partial charge >= 0.3 is 0 Å². The monoisotopic (exact) mass is 596 g/mol. The fraction of sp³-hybridized carbons (Fsp3) is 0.265. The van der Waals surface area contributed by atoms with E-state index >= 15 is 0 Å². The number of amides is 2. The van der Waals surface area contributed by atoms with E-state index in [9.17, 15) is 9.59 Å². The first-order valence-corrected chi connectivity index (χ1v) is 15.3. The summed E-state index contributed by atoms with van der Waals surface area (Å²) in [7, 11) is 3.33. The third-order valence-corrected chi connectivity index (χ3v) is 9.68. The maximum Gasteiger partial charge on any atom is 0.270 e. The van der Waals surface area contributed by atoms with E-state index in [0.29, 0.717) is 17.5 Å². The number of ether oxygens (including phenoxy) is 2. The molecule has 6 rings (SSSR count). The van der Waals surface area contributed by atoms with Gasteiger partial charge in [0.25, 0.3) is 11.8 Å². The zero-order valence-corrected chi connectivity index (χ0v) is 25.4. The van der Waals surface area contributed by atoms with Gasteiger partial charge in [-0.1, -0.05) is 43.0 Å². The predicted octanol–water partition coefficient (Wildman–Crippen LogP) is 6.84. The fourth-order valence-corrected chi connectivity index (χ4v) is 7.34. The molecular weight excluding hydrogens is 565 g/mol. The minimum Gasteiger partial charge on any atom is -0.493 e. The third kappa shape index (κ3) is 5.37. The first-order valence-electron chi connectivity index (χ1n) is 14.1. The van der Waals surface area contributed by atoms with Gasteiger partial charge in [-0.3, -0.25) is 19.8 Å². The molecular formula is C34H32N2O4S2. The minimum atomic E-state index is -0.460. The van der Waals surface area contributed by atoms with Gasteiger partial charge in [0.05, 0.1) is 19.9 Å². The Labute approximate surface area is 255 Å². The SMILES string of the molecule is COc1cc2c(cc1OC)C1CC(C)C(C=C3C(=O)NC(=S)N(c4ccc(Sc5ccccc5)cc4)C3=O)=CC1CC2. The van der Waals surface area contributed by atoms with Crippen LogP contribution in [0, 0.1) is 11.8 Å². The maximum atomic E-state index is 13.7. The summed E-state index contributed by atoms with van der Waals surface area (Å²) in [6.07, 6.45) is 6.89. The zero-order valence-electron chi connectivity index (χ0n) is 23.8. The van der Waals surface area contributed by atoms with Crippen molar-refractivity contribution in [2.75, 3.05) is 19.1 Å². The molecule has 1 heterocycles. The summed E-state index contributed by atoms with van der Waals surface area (Å²) in [5.41, 5.74) is 4.34. The first kappa shape index (κ1) is 28.2. The molecule has 8 heteroatoms. The number of nitrogens with one attached hydrogen (secondary N) is 1. The molecule has 1 N–H and O–H groups in total. The van der Waals surface area contributed by atoms with Crippen LogP contribution in [-0.4, -0.2) is 31.1 Å². The van der Waals surface area contributed by atoms with E-state index in [4.69, 9.17) is 21.7 Å². The molecule has 1 aliphatic heterocycles. The van der Waals surface area contributed by atoms with Crippen LogP contribution in [-0.2, 0) is 16.0 Å². The topological polar surface area (TPSA) is 67.9 Å². The second-order valence-electron chi connectivity index (χ2n) is 10.9. The van der Waals surface area contributed by atoms with Gasteiger partial charge in [0.1, 0.15) is 5.57 Å². The molecule has 0 bridgehead atoms. The highest BCUT2D eigenvalue weighted by Gasteiger charge is 2.38. The molecule has 0 saturated carbocycles. The largest absolute Gasteiger partial charge is 0.493 e. The van der Waals surface area contributed by atoms with Gasteiger partial charge in [0, 0.05) is 9.79 Å². The summed E-state index contributed by atoms with van der Waals surface area (Å²) in [5.74, 6) is 1.45. The molecule has 0 aromatic heterocycles. The summed E-state index contributed by atoms with van der Waals surface area (Å²) in [5, 5.41) is 2.82. The van der Waals surface area contributed by atoms with Gasteiger partial charge in [0.2, 0.25) is 0 Å². The minimum absolute atomic E-state index is 0.0876. The van der Waals surface area contributed by atoms with Crippen LogP contribution in [0.4, 0.5) is 5.69 Å². The summed E-state index contributed by atoms with van der Waals surface area (Å²) in [6, 6.07) is 22.0. The van der Waals surface area contributed by atoms with Crippen molar-refractivity contribution in [3.05, 3.63) is 101 Å². The zero-order chi connectivity index (χ0) is 29.4. The van der Waals surface area contributed by atoms with E-state index < -0.39 is 11.8 Å². The second kappa shape index (κ2) is 11.8. The molecule has 1 fully saturated rings. The van der Waals surface area contributed by atoms with Crippen molar-refractivity contribution in [1.82, 2.24) is 5.32 Å². The summed E-state index contributed by atoms with van der Waals surface area (Å²) in [4.78, 5) is 30.3. The van der Waals surface area contributed by atoms with Gasteiger partial charge in [0.15, 0.2) is 16.6 Å². The van der Waals surface area contributed by atoms with Crippen LogP contribution in [0.25, 0.3) is 0 Å². The maximum absolute atomic E-state index is 13.7. The van der Waals surface area contributed by atoms with E-state index in [1.807, 2.05) is 42.5 Å². The number of aryl methyl sites for hydroxylation is 1. The Morgan fingerprint density at radius 2 is 1.67 bits per heavy atom. The van der Waals surface area contributed by atoms with Crippen molar-refractivity contribution in [3.8, 4) is 11.5 Å². The molecule has 3 unspecified atom stereocenters. The van der Waals surface area contributed by atoms with Crippen LogP contribution in [0.5, 0.6) is 11.5 Å². The van der Waals surface area contributed by atoms with Crippen molar-refractivity contribution >= 4 is 46.6 Å². The third-order valence-electron chi connectivity index (χ3n) is 8.38. The van der Waals surface area contributed by atoms with Crippen molar-refractivity contribution in [2.45, 2.75) is 41.9 Å². The highest BCUT2D eigenvalue weighted by molar-refractivity contribution is 7.99. The van der Waals surface area contributed by atoms with E-state index in [1.54, 1.807) is 32.1 Å². The van der Waals surface area contributed by atoms with Crippen LogP contribution in [0.3, 0.4) is 0 Å². The van der Waals surface area contributed by atoms with E-state index in [0.717, 1.165) is 46.1 Å². The number of anilines is 1. The Kier molecular flexibility index (Phi) is 7.92. The van der Waals surface area contributed by atoms with E-state index in [2.05, 4.69) is 42.6 Å². The lowest BCUT2D eigenvalue weighted by Crippen LogP contribution is -2.54. The Morgan fingerprint density at radius 3 is 2.38 bits per heavy atom. The average molecular weight is 597 g/mol. The molecule has 3 aromatic carbocycles. The van der Waals surface area contributed by atoms with Crippen LogP contribution < -0.4 is 19.7 Å². The number of hydrogen-bond acceptors (Lipinski definition) is 6. The molecule has 0 spiro atoms. The molecule has 2 aliphatic carbocycles. The Morgan fingerprint density at radius 1 is 0.976 bits per heavy atom. The van der Waals surface area contributed by atoms with Crippen molar-refractivity contribution in [2.24, 2.45) is 11.8 Å². The van der Waals surface area contributed by atoms with Crippen LogP contribution in [0.2, 0.25) is 0 Å². The number of hydrogen-bond donors (Lipinski definition) is 1. The number of carbonyl (C=O) groups excluding carboxylic acids is 2. The van der Waals surface area contributed by atoms with E-state index in [1.165, 1.54) is 16.0 Å². The molecule has 1 saturated heterocycles. The lowest BCUT2D eigenvalue weighted by atomic mass is 9.66. The van der Waals surface area contributed by atoms with Gasteiger partial charge < -0.3 is 9.47 Å². The predicted molar refractivity (Wildman–Crippen MR) is 169 cm³/mol. The van der Waals surface area contributed by atoms with Gasteiger partial charge in [-0.25, -0.2) is 0 Å². The molecule has 2 amide bonds. The molecule has 42 heavy (non-hydrogen) atoms. The van der Waals surface area contributed by atoms with Crippen LogP contribution in [0.15, 0.2) is 99.8 Å². The molecule has 3 aliphatic rings. The number of nitrogens with zero attached hydrogens (tertiary/aromatic N) is 1.